The second-order valence-corrected chi connectivity index (χ2v) is 1.55. The number of hydrogen-bond acceptors (Lipinski definition) is 2. The van der Waals surface area contributed by atoms with Gasteiger partial charge in [0.05, 0.1) is 5.70 Å². The molecule has 0 aliphatic carbocycles. The van der Waals surface area contributed by atoms with Crippen LogP contribution in [-0.2, 0) is 4.74 Å². The number of alkyl halides is 1. The van der Waals surface area contributed by atoms with Crippen molar-refractivity contribution in [3.05, 3.63) is 11.8 Å². The van der Waals surface area contributed by atoms with Crippen LogP contribution in [0.25, 0.3) is 0 Å². The average Bonchev–Trinajstić information content (AvgIpc) is 2.14. The number of allylic oxidation sites excluding steroid dienone is 1. The first-order chi connectivity index (χ1) is 3.84. The molecule has 1 fully saturated rings. The average molecular weight is 117 g/mol. The summed E-state index contributed by atoms with van der Waals surface area (Å²) in [5.74, 6) is 0. The van der Waals surface area contributed by atoms with E-state index in [0.29, 0.717) is 12.4 Å². The van der Waals surface area contributed by atoms with Gasteiger partial charge in [0, 0.05) is 0 Å². The molecule has 0 aromatic carbocycles. The molecule has 1 unspecified atom stereocenters. The van der Waals surface area contributed by atoms with Gasteiger partial charge in [-0.1, -0.05) is 6.08 Å². The molecule has 1 saturated heterocycles. The molecule has 1 rings (SSSR count). The van der Waals surface area contributed by atoms with Gasteiger partial charge in [0.2, 0.25) is 6.36 Å². The second kappa shape index (κ2) is 2.13. The summed E-state index contributed by atoms with van der Waals surface area (Å²) in [7, 11) is 0. The molecule has 46 valence electrons. The highest BCUT2D eigenvalue weighted by molar-refractivity contribution is 5.03. The molecule has 0 spiro atoms. The predicted molar refractivity (Wildman–Crippen MR) is 27.7 cm³/mol. The highest BCUT2D eigenvalue weighted by atomic mass is 19.1. The quantitative estimate of drug-likeness (QED) is 0.505. The van der Waals surface area contributed by atoms with E-state index in [1.807, 2.05) is 0 Å². The Hall–Kier alpha value is -0.570. The maximum Gasteiger partial charge on any atom is 0.240 e. The smallest absolute Gasteiger partial charge is 0.240 e. The molecule has 0 amide bonds. The molecular weight excluding hydrogens is 109 g/mol. The van der Waals surface area contributed by atoms with Crippen molar-refractivity contribution in [2.24, 2.45) is 0 Å². The summed E-state index contributed by atoms with van der Waals surface area (Å²) < 4.78 is 16.7. The van der Waals surface area contributed by atoms with Gasteiger partial charge in [-0.2, -0.15) is 0 Å². The van der Waals surface area contributed by atoms with Crippen LogP contribution in [0.3, 0.4) is 0 Å². The van der Waals surface area contributed by atoms with Crippen LogP contribution in [0.1, 0.15) is 6.92 Å². The van der Waals surface area contributed by atoms with Crippen LogP contribution in [0, 0.1) is 0 Å². The van der Waals surface area contributed by atoms with E-state index in [4.69, 9.17) is 0 Å². The van der Waals surface area contributed by atoms with Gasteiger partial charge in [-0.05, 0) is 6.92 Å². The lowest BCUT2D eigenvalue weighted by Gasteiger charge is -1.94. The third-order valence-corrected chi connectivity index (χ3v) is 1.06. The van der Waals surface area contributed by atoms with Crippen LogP contribution in [0.15, 0.2) is 11.8 Å². The van der Waals surface area contributed by atoms with Crippen molar-refractivity contribution < 1.29 is 9.13 Å². The van der Waals surface area contributed by atoms with Gasteiger partial charge in [0.15, 0.2) is 0 Å². The summed E-state index contributed by atoms with van der Waals surface area (Å²) in [5.41, 5.74) is 0.532. The predicted octanol–water partition coefficient (Wildman–Crippen LogP) is 0.763. The van der Waals surface area contributed by atoms with Crippen LogP contribution in [0.2, 0.25) is 0 Å². The van der Waals surface area contributed by atoms with E-state index in [1.54, 1.807) is 13.0 Å². The largest absolute Gasteiger partial charge is 0.362 e. The number of rotatable bonds is 0. The van der Waals surface area contributed by atoms with Gasteiger partial charge >= 0.3 is 0 Å². The number of hydrogen-bond donors (Lipinski definition) is 1. The van der Waals surface area contributed by atoms with E-state index in [9.17, 15) is 4.39 Å². The number of nitrogens with one attached hydrogen (secondary N) is 1. The van der Waals surface area contributed by atoms with E-state index < -0.39 is 6.36 Å². The minimum atomic E-state index is -1.22. The highest BCUT2D eigenvalue weighted by Gasteiger charge is 2.17. The SMILES string of the molecule is C/C=C1/NCOC1F. The summed E-state index contributed by atoms with van der Waals surface area (Å²) in [4.78, 5) is 0. The van der Waals surface area contributed by atoms with E-state index in [1.165, 1.54) is 0 Å². The Labute approximate surface area is 47.3 Å². The van der Waals surface area contributed by atoms with Crippen LogP contribution < -0.4 is 5.32 Å². The van der Waals surface area contributed by atoms with E-state index in [-0.39, 0.29) is 0 Å². The first-order valence-electron chi connectivity index (χ1n) is 2.50. The van der Waals surface area contributed by atoms with Gasteiger partial charge in [0.1, 0.15) is 6.73 Å². The normalized spacial score (nSPS) is 33.2. The van der Waals surface area contributed by atoms with E-state index >= 15 is 0 Å². The molecule has 0 bridgehead atoms. The van der Waals surface area contributed by atoms with Crippen molar-refractivity contribution in [3.8, 4) is 0 Å². The van der Waals surface area contributed by atoms with Gasteiger partial charge in [-0.25, -0.2) is 4.39 Å². The molecule has 0 saturated carbocycles. The molecule has 1 heterocycles. The maximum atomic E-state index is 12.2. The van der Waals surface area contributed by atoms with Crippen LogP contribution in [0.4, 0.5) is 4.39 Å². The summed E-state index contributed by atoms with van der Waals surface area (Å²) in [6.07, 6.45) is 0.442. The molecule has 0 aromatic heterocycles. The molecule has 8 heavy (non-hydrogen) atoms. The van der Waals surface area contributed by atoms with Gasteiger partial charge < -0.3 is 10.1 Å². The second-order valence-electron chi connectivity index (χ2n) is 1.55. The maximum absolute atomic E-state index is 12.2. The van der Waals surface area contributed by atoms with Crippen molar-refractivity contribution in [1.82, 2.24) is 5.32 Å². The number of halogens is 1. The van der Waals surface area contributed by atoms with Crippen molar-refractivity contribution in [2.75, 3.05) is 6.73 Å². The Balaban J connectivity index is 2.55. The third kappa shape index (κ3) is 0.816. The zero-order chi connectivity index (χ0) is 5.98. The van der Waals surface area contributed by atoms with Gasteiger partial charge in [0.25, 0.3) is 0 Å². The molecule has 2 nitrogen and oxygen atoms in total. The molecule has 1 aliphatic rings. The monoisotopic (exact) mass is 117 g/mol. The summed E-state index contributed by atoms with van der Waals surface area (Å²) in [6, 6.07) is 0. The molecule has 1 aliphatic heterocycles. The molecule has 0 aromatic rings. The first-order valence-corrected chi connectivity index (χ1v) is 2.50. The van der Waals surface area contributed by atoms with E-state index in [0.717, 1.165) is 0 Å². The molecular formula is C5H8FNO. The summed E-state index contributed by atoms with van der Waals surface area (Å²) >= 11 is 0. The first kappa shape index (κ1) is 5.56. The summed E-state index contributed by atoms with van der Waals surface area (Å²) in [5, 5.41) is 2.72. The summed E-state index contributed by atoms with van der Waals surface area (Å²) in [6.45, 7) is 2.06. The van der Waals surface area contributed by atoms with Gasteiger partial charge in [-0.15, -0.1) is 0 Å². The molecule has 1 atom stereocenters. The van der Waals surface area contributed by atoms with Crippen molar-refractivity contribution in [1.29, 1.82) is 0 Å². The zero-order valence-corrected chi connectivity index (χ0v) is 4.65. The minimum absolute atomic E-state index is 0.292. The third-order valence-electron chi connectivity index (χ3n) is 1.06. The topological polar surface area (TPSA) is 21.3 Å². The lowest BCUT2D eigenvalue weighted by molar-refractivity contribution is 0.0258. The van der Waals surface area contributed by atoms with Crippen LogP contribution >= 0.6 is 0 Å². The van der Waals surface area contributed by atoms with Crippen molar-refractivity contribution in [2.45, 2.75) is 13.3 Å². The Morgan fingerprint density at radius 1 is 2.00 bits per heavy atom. The fraction of sp³-hybridized carbons (Fsp3) is 0.600. The van der Waals surface area contributed by atoms with Crippen molar-refractivity contribution in [3.63, 3.8) is 0 Å². The fourth-order valence-corrected chi connectivity index (χ4v) is 0.601. The van der Waals surface area contributed by atoms with E-state index in [2.05, 4.69) is 10.1 Å². The minimum Gasteiger partial charge on any atom is -0.362 e. The fourth-order valence-electron chi connectivity index (χ4n) is 0.601. The molecule has 3 heteroatoms. The standard InChI is InChI=1S/C5H8FNO/c1-2-4-5(6)8-3-7-4/h2,5,7H,3H2,1H3/b4-2+. The van der Waals surface area contributed by atoms with Crippen molar-refractivity contribution >= 4 is 0 Å². The van der Waals surface area contributed by atoms with Gasteiger partial charge in [-0.3, -0.25) is 0 Å². The Morgan fingerprint density at radius 2 is 2.75 bits per heavy atom. The van der Waals surface area contributed by atoms with Crippen LogP contribution in [0.5, 0.6) is 0 Å². The lowest BCUT2D eigenvalue weighted by Crippen LogP contribution is -2.06. The lowest BCUT2D eigenvalue weighted by atomic mass is 10.4. The highest BCUT2D eigenvalue weighted by Crippen LogP contribution is 2.09. The Kier molecular flexibility index (Phi) is 1.48. The zero-order valence-electron chi connectivity index (χ0n) is 4.65. The molecule has 1 N–H and O–H groups in total. The number of ether oxygens (including phenoxy) is 1. The van der Waals surface area contributed by atoms with Crippen LogP contribution in [-0.4, -0.2) is 13.1 Å². The molecule has 0 radical (unpaired) electrons. The Morgan fingerprint density at radius 3 is 3.00 bits per heavy atom. The Bertz CT molecular complexity index is 113.